The number of fused-ring (bicyclic) bond motifs is 1. The number of hydrogen-bond donors (Lipinski definition) is 1. The third-order valence-corrected chi connectivity index (χ3v) is 5.06. The molecule has 2 heteroatoms. The standard InChI is InChI=1S/C18H27NO/c1-17(2,3)14-6-7-16-15(10-14)13(12-19)11-18(20-16)8-4-5-9-18/h6-7,10,13H,4-5,8-9,11-12,19H2,1-3H3. The molecule has 0 amide bonds. The van der Waals surface area contributed by atoms with E-state index < -0.39 is 0 Å². The van der Waals surface area contributed by atoms with E-state index >= 15 is 0 Å². The molecule has 1 heterocycles. The van der Waals surface area contributed by atoms with Crippen molar-refractivity contribution in [3.8, 4) is 5.75 Å². The molecule has 1 aromatic rings. The molecular formula is C18H27NO. The maximum atomic E-state index is 6.42. The summed E-state index contributed by atoms with van der Waals surface area (Å²) in [5, 5.41) is 0. The predicted octanol–water partition coefficient (Wildman–Crippen LogP) is 4.12. The first-order chi connectivity index (χ1) is 9.43. The molecule has 3 rings (SSSR count). The van der Waals surface area contributed by atoms with Crippen LogP contribution >= 0.6 is 0 Å². The van der Waals surface area contributed by atoms with Crippen LogP contribution in [0.25, 0.3) is 0 Å². The second-order valence-electron chi connectivity index (χ2n) is 7.63. The maximum absolute atomic E-state index is 6.42. The van der Waals surface area contributed by atoms with E-state index in [4.69, 9.17) is 10.5 Å². The van der Waals surface area contributed by atoms with Gasteiger partial charge in [0.2, 0.25) is 0 Å². The maximum Gasteiger partial charge on any atom is 0.123 e. The normalized spacial score (nSPS) is 24.5. The minimum atomic E-state index is 0.0836. The monoisotopic (exact) mass is 273 g/mol. The molecule has 1 aromatic carbocycles. The van der Waals surface area contributed by atoms with Crippen LogP contribution in [-0.4, -0.2) is 12.1 Å². The van der Waals surface area contributed by atoms with Gasteiger partial charge in [-0.05, 0) is 61.3 Å². The summed E-state index contributed by atoms with van der Waals surface area (Å²) in [5.74, 6) is 1.54. The van der Waals surface area contributed by atoms with Gasteiger partial charge in [0.05, 0.1) is 0 Å². The second kappa shape index (κ2) is 4.77. The lowest BCUT2D eigenvalue weighted by molar-refractivity contribution is 0.0428. The Bertz CT molecular complexity index is 495. The van der Waals surface area contributed by atoms with Crippen molar-refractivity contribution in [3.63, 3.8) is 0 Å². The van der Waals surface area contributed by atoms with E-state index in [9.17, 15) is 0 Å². The van der Waals surface area contributed by atoms with Crippen molar-refractivity contribution in [2.75, 3.05) is 6.54 Å². The summed E-state index contributed by atoms with van der Waals surface area (Å²) in [7, 11) is 0. The van der Waals surface area contributed by atoms with Crippen molar-refractivity contribution in [2.45, 2.75) is 69.8 Å². The first kappa shape index (κ1) is 13.9. The molecule has 0 saturated heterocycles. The van der Waals surface area contributed by atoms with Gasteiger partial charge in [-0.3, -0.25) is 0 Å². The van der Waals surface area contributed by atoms with Crippen LogP contribution < -0.4 is 10.5 Å². The molecule has 20 heavy (non-hydrogen) atoms. The third-order valence-electron chi connectivity index (χ3n) is 5.06. The molecule has 2 N–H and O–H groups in total. The quantitative estimate of drug-likeness (QED) is 0.835. The van der Waals surface area contributed by atoms with Gasteiger partial charge in [0.15, 0.2) is 0 Å². The zero-order valence-electron chi connectivity index (χ0n) is 13.0. The molecule has 2 nitrogen and oxygen atoms in total. The Morgan fingerprint density at radius 2 is 1.95 bits per heavy atom. The van der Waals surface area contributed by atoms with Crippen LogP contribution in [0.5, 0.6) is 5.75 Å². The van der Waals surface area contributed by atoms with E-state index in [1.54, 1.807) is 0 Å². The molecule has 0 aromatic heterocycles. The third kappa shape index (κ3) is 2.35. The van der Waals surface area contributed by atoms with Gasteiger partial charge in [0, 0.05) is 5.92 Å². The van der Waals surface area contributed by atoms with E-state index in [2.05, 4.69) is 39.0 Å². The Hall–Kier alpha value is -1.02. The van der Waals surface area contributed by atoms with E-state index in [1.165, 1.54) is 36.8 Å². The van der Waals surface area contributed by atoms with Gasteiger partial charge < -0.3 is 10.5 Å². The molecule has 1 atom stereocenters. The average molecular weight is 273 g/mol. The van der Waals surface area contributed by atoms with Crippen molar-refractivity contribution < 1.29 is 4.74 Å². The molecular weight excluding hydrogens is 246 g/mol. The van der Waals surface area contributed by atoms with Gasteiger partial charge in [-0.1, -0.05) is 32.9 Å². The summed E-state index contributed by atoms with van der Waals surface area (Å²) in [6, 6.07) is 6.73. The first-order valence-corrected chi connectivity index (χ1v) is 7.97. The highest BCUT2D eigenvalue weighted by Gasteiger charge is 2.42. The summed E-state index contributed by atoms with van der Waals surface area (Å²) in [6.45, 7) is 7.50. The second-order valence-corrected chi connectivity index (χ2v) is 7.63. The van der Waals surface area contributed by atoms with E-state index in [0.717, 1.165) is 18.7 Å². The zero-order valence-corrected chi connectivity index (χ0v) is 13.0. The van der Waals surface area contributed by atoms with Gasteiger partial charge in [0.25, 0.3) is 0 Å². The van der Waals surface area contributed by atoms with Crippen LogP contribution in [0.2, 0.25) is 0 Å². The van der Waals surface area contributed by atoms with Crippen LogP contribution in [0.4, 0.5) is 0 Å². The molecule has 1 spiro atoms. The fourth-order valence-electron chi connectivity index (χ4n) is 3.80. The van der Waals surface area contributed by atoms with Crippen molar-refractivity contribution in [1.82, 2.24) is 0 Å². The lowest BCUT2D eigenvalue weighted by atomic mass is 9.78. The predicted molar refractivity (Wildman–Crippen MR) is 83.4 cm³/mol. The number of rotatable bonds is 1. The molecule has 1 saturated carbocycles. The van der Waals surface area contributed by atoms with Crippen LogP contribution in [0.1, 0.15) is 69.9 Å². The molecule has 1 aliphatic carbocycles. The van der Waals surface area contributed by atoms with E-state index in [-0.39, 0.29) is 11.0 Å². The lowest BCUT2D eigenvalue weighted by Crippen LogP contribution is -2.40. The smallest absolute Gasteiger partial charge is 0.123 e. The van der Waals surface area contributed by atoms with Gasteiger partial charge in [-0.2, -0.15) is 0 Å². The largest absolute Gasteiger partial charge is 0.487 e. The molecule has 1 aliphatic heterocycles. The van der Waals surface area contributed by atoms with Crippen molar-refractivity contribution in [2.24, 2.45) is 5.73 Å². The SMILES string of the molecule is CC(C)(C)c1ccc2c(c1)C(CN)CC1(CCCC1)O2. The van der Waals surface area contributed by atoms with Crippen molar-refractivity contribution in [1.29, 1.82) is 0 Å². The molecule has 1 unspecified atom stereocenters. The number of nitrogens with two attached hydrogens (primary N) is 1. The highest BCUT2D eigenvalue weighted by molar-refractivity contribution is 5.44. The highest BCUT2D eigenvalue weighted by atomic mass is 16.5. The van der Waals surface area contributed by atoms with E-state index in [0.29, 0.717) is 5.92 Å². The Morgan fingerprint density at radius 1 is 1.25 bits per heavy atom. The summed E-state index contributed by atoms with van der Waals surface area (Å²) in [4.78, 5) is 0. The molecule has 110 valence electrons. The van der Waals surface area contributed by atoms with Gasteiger partial charge in [-0.15, -0.1) is 0 Å². The van der Waals surface area contributed by atoms with Crippen molar-refractivity contribution in [3.05, 3.63) is 29.3 Å². The molecule has 1 fully saturated rings. The number of benzene rings is 1. The average Bonchev–Trinajstić information content (AvgIpc) is 2.84. The molecule has 2 aliphatic rings. The molecule has 0 bridgehead atoms. The fraction of sp³-hybridized carbons (Fsp3) is 0.667. The van der Waals surface area contributed by atoms with Gasteiger partial charge in [-0.25, -0.2) is 0 Å². The minimum absolute atomic E-state index is 0.0836. The Labute approximate surface area is 122 Å². The number of ether oxygens (including phenoxy) is 1. The van der Waals surface area contributed by atoms with Crippen molar-refractivity contribution >= 4 is 0 Å². The Kier molecular flexibility index (Phi) is 3.32. The summed E-state index contributed by atoms with van der Waals surface area (Å²) in [6.07, 6.45) is 6.09. The van der Waals surface area contributed by atoms with Gasteiger partial charge in [0.1, 0.15) is 11.4 Å². The summed E-state index contributed by atoms with van der Waals surface area (Å²) >= 11 is 0. The van der Waals surface area contributed by atoms with Crippen LogP contribution in [0, 0.1) is 0 Å². The van der Waals surface area contributed by atoms with Crippen LogP contribution in [-0.2, 0) is 5.41 Å². The first-order valence-electron chi connectivity index (χ1n) is 7.97. The summed E-state index contributed by atoms with van der Waals surface area (Å²) < 4.78 is 6.42. The van der Waals surface area contributed by atoms with Gasteiger partial charge >= 0.3 is 0 Å². The Balaban J connectivity index is 1.99. The summed E-state index contributed by atoms with van der Waals surface area (Å²) in [5.41, 5.74) is 9.04. The molecule has 0 radical (unpaired) electrons. The van der Waals surface area contributed by atoms with Crippen LogP contribution in [0.15, 0.2) is 18.2 Å². The lowest BCUT2D eigenvalue weighted by Gasteiger charge is -2.40. The number of hydrogen-bond acceptors (Lipinski definition) is 2. The Morgan fingerprint density at radius 3 is 2.55 bits per heavy atom. The topological polar surface area (TPSA) is 35.2 Å². The van der Waals surface area contributed by atoms with Crippen LogP contribution in [0.3, 0.4) is 0 Å². The fourth-order valence-corrected chi connectivity index (χ4v) is 3.80. The minimum Gasteiger partial charge on any atom is -0.487 e. The highest BCUT2D eigenvalue weighted by Crippen LogP contribution is 2.48. The van der Waals surface area contributed by atoms with E-state index in [1.807, 2.05) is 0 Å². The zero-order chi connectivity index (χ0) is 14.4.